The van der Waals surface area contributed by atoms with Crippen LogP contribution in [0.1, 0.15) is 37.5 Å². The third-order valence-electron chi connectivity index (χ3n) is 7.58. The largest absolute Gasteiger partial charge is 0.394 e. The molecule has 5 rings (SSSR count). The first-order valence-corrected chi connectivity index (χ1v) is 15.1. The van der Waals surface area contributed by atoms with E-state index in [-0.39, 0.29) is 23.7 Å². The van der Waals surface area contributed by atoms with Gasteiger partial charge in [0.1, 0.15) is 30.0 Å². The molecule has 1 aromatic carbocycles. The minimum atomic E-state index is -2.16. The molecule has 3 aromatic rings. The zero-order valence-electron chi connectivity index (χ0n) is 22.5. The summed E-state index contributed by atoms with van der Waals surface area (Å²) in [5.74, 6) is -3.33. The predicted molar refractivity (Wildman–Crippen MR) is 140 cm³/mol. The molecule has 2 fully saturated rings. The Morgan fingerprint density at radius 2 is 1.78 bits per heavy atom. The Bertz CT molecular complexity index is 1460. The Kier molecular flexibility index (Phi) is 8.75. The average molecular weight is 600 g/mol. The van der Waals surface area contributed by atoms with Gasteiger partial charge in [0, 0.05) is 53.1 Å². The SMILES string of the molecule is CCN=S1(=O)CCC(n2cc(C[C@H]3O[C@H](CO)[C@H](O)[C@H](n4cc(-c5cc(F)c(F)c(F)c5)nn4)[C@H]3OC)nn2)CC1. The quantitative estimate of drug-likeness (QED) is 0.369. The van der Waals surface area contributed by atoms with E-state index in [4.69, 9.17) is 9.47 Å². The van der Waals surface area contributed by atoms with E-state index in [1.807, 2.05) is 6.92 Å². The van der Waals surface area contributed by atoms with Gasteiger partial charge in [0.15, 0.2) is 17.5 Å². The minimum Gasteiger partial charge on any atom is -0.394 e. The number of aliphatic hydroxyl groups is 2. The van der Waals surface area contributed by atoms with Crippen molar-refractivity contribution in [3.05, 3.63) is 47.7 Å². The first kappa shape index (κ1) is 29.6. The maximum absolute atomic E-state index is 13.8. The van der Waals surface area contributed by atoms with Crippen LogP contribution in [0.4, 0.5) is 13.2 Å². The van der Waals surface area contributed by atoms with Crippen molar-refractivity contribution in [3.8, 4) is 11.3 Å². The molecule has 2 N–H and O–H groups in total. The number of hydrogen-bond acceptors (Lipinski definition) is 10. The van der Waals surface area contributed by atoms with Gasteiger partial charge >= 0.3 is 0 Å². The Balaban J connectivity index is 1.36. The third-order valence-corrected chi connectivity index (χ3v) is 10.1. The lowest BCUT2D eigenvalue weighted by atomic mass is 9.90. The molecule has 2 aliphatic heterocycles. The number of benzene rings is 1. The highest BCUT2D eigenvalue weighted by Crippen LogP contribution is 2.34. The monoisotopic (exact) mass is 599 g/mol. The van der Waals surface area contributed by atoms with Gasteiger partial charge in [-0.1, -0.05) is 10.4 Å². The molecule has 2 aliphatic rings. The van der Waals surface area contributed by atoms with Crippen LogP contribution in [0.25, 0.3) is 11.3 Å². The van der Waals surface area contributed by atoms with Gasteiger partial charge in [0.05, 0.1) is 30.6 Å². The standard InChI is InChI=1S/C25H32F3N7O5S/c1-3-29-41(38)6-4-16(5-7-41)34-11-15(30-32-34)10-20-25(39-2)23(24(37)21(13-36)40-20)35-12-19(31-33-35)14-8-17(26)22(28)18(27)9-14/h8-9,11-12,16,20-21,23-25,36-37H,3-7,10,13H2,1-2H3/t16?,20-,21-,23+,24+,25+,41?/m1/s1. The van der Waals surface area contributed by atoms with Crippen molar-refractivity contribution in [3.63, 3.8) is 0 Å². The van der Waals surface area contributed by atoms with Crippen LogP contribution in [0.3, 0.4) is 0 Å². The van der Waals surface area contributed by atoms with E-state index < -0.39 is 64.2 Å². The Hall–Kier alpha value is -2.92. The van der Waals surface area contributed by atoms with Crippen LogP contribution >= 0.6 is 0 Å². The molecule has 0 spiro atoms. The fraction of sp³-hybridized carbons (Fsp3) is 0.600. The molecule has 0 radical (unpaired) electrons. The number of rotatable bonds is 8. The maximum atomic E-state index is 13.8. The topological polar surface area (TPSA) is 150 Å². The fourth-order valence-electron chi connectivity index (χ4n) is 5.50. The first-order valence-electron chi connectivity index (χ1n) is 13.3. The van der Waals surface area contributed by atoms with Crippen molar-refractivity contribution in [2.75, 3.05) is 31.8 Å². The van der Waals surface area contributed by atoms with Gasteiger partial charge in [-0.2, -0.15) is 0 Å². The van der Waals surface area contributed by atoms with Gasteiger partial charge in [-0.15, -0.1) is 10.2 Å². The van der Waals surface area contributed by atoms with E-state index in [1.54, 1.807) is 10.9 Å². The Morgan fingerprint density at radius 1 is 1.10 bits per heavy atom. The van der Waals surface area contributed by atoms with Crippen LogP contribution in [0, 0.1) is 17.5 Å². The van der Waals surface area contributed by atoms with E-state index in [0.717, 1.165) is 12.1 Å². The van der Waals surface area contributed by atoms with Gasteiger partial charge in [0.25, 0.3) is 0 Å². The molecule has 41 heavy (non-hydrogen) atoms. The third kappa shape index (κ3) is 6.02. The number of aliphatic hydroxyl groups excluding tert-OH is 2. The molecule has 224 valence electrons. The van der Waals surface area contributed by atoms with Crippen LogP contribution < -0.4 is 0 Å². The molecule has 4 heterocycles. The molecule has 0 unspecified atom stereocenters. The summed E-state index contributed by atoms with van der Waals surface area (Å²) in [5, 5.41) is 37.5. The van der Waals surface area contributed by atoms with Crippen molar-refractivity contribution in [1.29, 1.82) is 0 Å². The summed E-state index contributed by atoms with van der Waals surface area (Å²) in [6.07, 6.45) is 0.929. The second kappa shape index (κ2) is 12.1. The second-order valence-corrected chi connectivity index (χ2v) is 12.8. The molecule has 16 heteroatoms. The van der Waals surface area contributed by atoms with Crippen molar-refractivity contribution in [2.45, 2.75) is 62.7 Å². The van der Waals surface area contributed by atoms with Gasteiger partial charge in [-0.3, -0.25) is 0 Å². The number of aromatic nitrogens is 6. The number of halogens is 3. The predicted octanol–water partition coefficient (Wildman–Crippen LogP) is 1.70. The molecule has 0 aliphatic carbocycles. The number of ether oxygens (including phenoxy) is 2. The highest BCUT2D eigenvalue weighted by atomic mass is 32.2. The summed E-state index contributed by atoms with van der Waals surface area (Å²) in [7, 11) is -0.734. The lowest BCUT2D eigenvalue weighted by Gasteiger charge is -2.43. The van der Waals surface area contributed by atoms with Crippen molar-refractivity contribution in [2.24, 2.45) is 4.36 Å². The molecule has 0 amide bonds. The van der Waals surface area contributed by atoms with Gasteiger partial charge in [-0.05, 0) is 31.9 Å². The zero-order chi connectivity index (χ0) is 29.3. The van der Waals surface area contributed by atoms with Crippen LogP contribution in [-0.4, -0.2) is 101 Å². The van der Waals surface area contributed by atoms with Crippen molar-refractivity contribution >= 4 is 9.73 Å². The second-order valence-electron chi connectivity index (χ2n) is 10.2. The summed E-state index contributed by atoms with van der Waals surface area (Å²) < 4.78 is 72.8. The molecule has 12 nitrogen and oxygen atoms in total. The maximum Gasteiger partial charge on any atom is 0.194 e. The van der Waals surface area contributed by atoms with E-state index in [1.165, 1.54) is 18.0 Å². The normalized spacial score (nSPS) is 30.4. The number of methoxy groups -OCH3 is 1. The lowest BCUT2D eigenvalue weighted by Crippen LogP contribution is -2.57. The van der Waals surface area contributed by atoms with Crippen LogP contribution in [0.15, 0.2) is 28.9 Å². The first-order chi connectivity index (χ1) is 19.7. The summed E-state index contributed by atoms with van der Waals surface area (Å²) in [4.78, 5) is 0. The van der Waals surface area contributed by atoms with Gasteiger partial charge in [-0.25, -0.2) is 31.1 Å². The fourth-order valence-corrected chi connectivity index (χ4v) is 7.71. The summed E-state index contributed by atoms with van der Waals surface area (Å²) in [6.45, 7) is 1.91. The molecule has 0 saturated carbocycles. The summed E-state index contributed by atoms with van der Waals surface area (Å²) in [6, 6.07) is 0.730. The zero-order valence-corrected chi connectivity index (χ0v) is 23.3. The molecular formula is C25H32F3N7O5S. The van der Waals surface area contributed by atoms with Gasteiger partial charge < -0.3 is 19.7 Å². The van der Waals surface area contributed by atoms with E-state index in [2.05, 4.69) is 25.0 Å². The minimum absolute atomic E-state index is 0.0397. The smallest absolute Gasteiger partial charge is 0.194 e. The van der Waals surface area contributed by atoms with Crippen molar-refractivity contribution in [1.82, 2.24) is 30.0 Å². The van der Waals surface area contributed by atoms with Crippen molar-refractivity contribution < 1.29 is 37.1 Å². The lowest BCUT2D eigenvalue weighted by molar-refractivity contribution is -0.212. The molecule has 2 aromatic heterocycles. The summed E-state index contributed by atoms with van der Waals surface area (Å²) in [5.41, 5.74) is 0.585. The Morgan fingerprint density at radius 3 is 2.41 bits per heavy atom. The molecule has 0 bridgehead atoms. The van der Waals surface area contributed by atoms with Crippen LogP contribution in [-0.2, 0) is 25.6 Å². The van der Waals surface area contributed by atoms with E-state index in [0.29, 0.717) is 36.6 Å². The van der Waals surface area contributed by atoms with Gasteiger partial charge in [0.2, 0.25) is 0 Å². The van der Waals surface area contributed by atoms with Crippen LogP contribution in [0.5, 0.6) is 0 Å². The number of hydrogen-bond donors (Lipinski definition) is 2. The highest BCUT2D eigenvalue weighted by Gasteiger charge is 2.47. The van der Waals surface area contributed by atoms with E-state index >= 15 is 0 Å². The summed E-state index contributed by atoms with van der Waals surface area (Å²) >= 11 is 0. The highest BCUT2D eigenvalue weighted by molar-refractivity contribution is 7.93. The van der Waals surface area contributed by atoms with E-state index in [9.17, 15) is 27.6 Å². The van der Waals surface area contributed by atoms with Crippen LogP contribution in [0.2, 0.25) is 0 Å². The number of nitrogens with zero attached hydrogens (tertiary/aromatic N) is 7. The average Bonchev–Trinajstić information content (AvgIpc) is 3.63. The molecule has 2 saturated heterocycles. The molecule has 5 atom stereocenters. The Labute approximate surface area is 234 Å². The molecular weight excluding hydrogens is 567 g/mol.